The minimum Gasteiger partial charge on any atom is -0.382 e. The monoisotopic (exact) mass is 281 g/mol. The molecule has 0 aromatic heterocycles. The molecular weight excluding hydrogens is 261 g/mol. The molecule has 2 amide bonds. The smallest absolute Gasteiger partial charge is 0.253 e. The van der Waals surface area contributed by atoms with Crippen LogP contribution in [0.15, 0.2) is 18.2 Å². The summed E-state index contributed by atoms with van der Waals surface area (Å²) in [4.78, 5) is 23.2. The molecule has 0 bridgehead atoms. The molecule has 0 aliphatic heterocycles. The average Bonchev–Trinajstić information content (AvgIpc) is 2.41. The fourth-order valence-corrected chi connectivity index (χ4v) is 1.74. The number of halogens is 1. The lowest BCUT2D eigenvalue weighted by atomic mass is 10.1. The van der Waals surface area contributed by atoms with Crippen molar-refractivity contribution in [2.24, 2.45) is 0 Å². The lowest BCUT2D eigenvalue weighted by Crippen LogP contribution is -2.31. The van der Waals surface area contributed by atoms with Crippen molar-refractivity contribution in [3.05, 3.63) is 29.6 Å². The van der Waals surface area contributed by atoms with E-state index in [4.69, 9.17) is 0 Å². The zero-order valence-corrected chi connectivity index (χ0v) is 11.8. The normalized spacial score (nSPS) is 9.95. The van der Waals surface area contributed by atoms with Crippen molar-refractivity contribution >= 4 is 17.5 Å². The molecule has 5 nitrogen and oxygen atoms in total. The number of carbonyl (C=O) groups is 2. The van der Waals surface area contributed by atoms with E-state index in [1.807, 2.05) is 13.8 Å². The van der Waals surface area contributed by atoms with Gasteiger partial charge in [-0.25, -0.2) is 4.39 Å². The van der Waals surface area contributed by atoms with E-state index in [9.17, 15) is 14.0 Å². The molecule has 0 heterocycles. The van der Waals surface area contributed by atoms with Gasteiger partial charge >= 0.3 is 0 Å². The van der Waals surface area contributed by atoms with Gasteiger partial charge in [-0.3, -0.25) is 9.59 Å². The Morgan fingerprint density at radius 2 is 1.90 bits per heavy atom. The van der Waals surface area contributed by atoms with Crippen LogP contribution in [0.1, 0.15) is 30.6 Å². The molecule has 0 saturated heterocycles. The summed E-state index contributed by atoms with van der Waals surface area (Å²) in [5, 5.41) is 8.07. The van der Waals surface area contributed by atoms with Gasteiger partial charge in [-0.05, 0) is 26.0 Å². The molecule has 110 valence electrons. The van der Waals surface area contributed by atoms with Gasteiger partial charge < -0.3 is 16.0 Å². The van der Waals surface area contributed by atoms with Crippen molar-refractivity contribution in [3.63, 3.8) is 0 Å². The second-order valence-corrected chi connectivity index (χ2v) is 4.15. The molecule has 0 saturated carbocycles. The summed E-state index contributed by atoms with van der Waals surface area (Å²) in [5.74, 6) is -0.994. The van der Waals surface area contributed by atoms with E-state index in [1.54, 1.807) is 6.07 Å². The molecule has 1 aromatic rings. The third-order valence-electron chi connectivity index (χ3n) is 2.62. The zero-order chi connectivity index (χ0) is 15.0. The Morgan fingerprint density at radius 3 is 2.55 bits per heavy atom. The Bertz CT molecular complexity index is 477. The number of nitrogens with one attached hydrogen (secondary N) is 3. The SMILES string of the molecule is CCNC(=O)CCNC(=O)c1cccc(F)c1NCC. The summed E-state index contributed by atoms with van der Waals surface area (Å²) in [5.41, 5.74) is 0.424. The second kappa shape index (κ2) is 8.14. The first-order chi connectivity index (χ1) is 9.60. The maximum Gasteiger partial charge on any atom is 0.253 e. The highest BCUT2D eigenvalue weighted by atomic mass is 19.1. The van der Waals surface area contributed by atoms with Crippen molar-refractivity contribution in [3.8, 4) is 0 Å². The molecule has 20 heavy (non-hydrogen) atoms. The molecule has 3 N–H and O–H groups in total. The number of benzene rings is 1. The van der Waals surface area contributed by atoms with Gasteiger partial charge in [0.05, 0.1) is 11.3 Å². The van der Waals surface area contributed by atoms with Crippen LogP contribution in [0.5, 0.6) is 0 Å². The van der Waals surface area contributed by atoms with Gasteiger partial charge in [0.25, 0.3) is 5.91 Å². The van der Waals surface area contributed by atoms with Crippen LogP contribution >= 0.6 is 0 Å². The van der Waals surface area contributed by atoms with Crippen LogP contribution in [0.2, 0.25) is 0 Å². The van der Waals surface area contributed by atoms with Gasteiger partial charge in [-0.15, -0.1) is 0 Å². The molecule has 1 aromatic carbocycles. The molecule has 0 aliphatic carbocycles. The minimum atomic E-state index is -0.469. The Morgan fingerprint density at radius 1 is 1.15 bits per heavy atom. The van der Waals surface area contributed by atoms with Gasteiger partial charge in [-0.2, -0.15) is 0 Å². The summed E-state index contributed by atoms with van der Waals surface area (Å²) in [6.07, 6.45) is 0.200. The van der Waals surface area contributed by atoms with E-state index in [1.165, 1.54) is 12.1 Å². The first-order valence-corrected chi connectivity index (χ1v) is 6.67. The number of anilines is 1. The molecule has 0 aliphatic rings. The molecule has 0 radical (unpaired) electrons. The number of hydrogen-bond acceptors (Lipinski definition) is 3. The first kappa shape index (κ1) is 15.9. The van der Waals surface area contributed by atoms with Crippen LogP contribution in [0.25, 0.3) is 0 Å². The first-order valence-electron chi connectivity index (χ1n) is 6.67. The topological polar surface area (TPSA) is 70.2 Å². The van der Waals surface area contributed by atoms with Crippen molar-refractivity contribution < 1.29 is 14.0 Å². The van der Waals surface area contributed by atoms with Gasteiger partial charge in [0, 0.05) is 26.1 Å². The third-order valence-corrected chi connectivity index (χ3v) is 2.62. The second-order valence-electron chi connectivity index (χ2n) is 4.15. The highest BCUT2D eigenvalue weighted by molar-refractivity contribution is 5.99. The zero-order valence-electron chi connectivity index (χ0n) is 11.8. The average molecular weight is 281 g/mol. The molecule has 0 unspecified atom stereocenters. The minimum absolute atomic E-state index is 0.126. The maximum absolute atomic E-state index is 13.6. The number of carbonyl (C=O) groups excluding carboxylic acids is 2. The summed E-state index contributed by atoms with van der Waals surface area (Å²) in [6.45, 7) is 4.93. The molecule has 0 fully saturated rings. The molecular formula is C14H20FN3O2. The maximum atomic E-state index is 13.6. The quantitative estimate of drug-likeness (QED) is 0.709. The van der Waals surface area contributed by atoms with Gasteiger partial charge in [0.2, 0.25) is 5.91 Å². The van der Waals surface area contributed by atoms with E-state index >= 15 is 0 Å². The largest absolute Gasteiger partial charge is 0.382 e. The van der Waals surface area contributed by atoms with E-state index in [2.05, 4.69) is 16.0 Å². The predicted molar refractivity (Wildman–Crippen MR) is 76.2 cm³/mol. The van der Waals surface area contributed by atoms with Crippen LogP contribution in [0.4, 0.5) is 10.1 Å². The molecule has 0 spiro atoms. The van der Waals surface area contributed by atoms with Crippen molar-refractivity contribution in [1.82, 2.24) is 10.6 Å². The lowest BCUT2D eigenvalue weighted by molar-refractivity contribution is -0.120. The molecule has 6 heteroatoms. The van der Waals surface area contributed by atoms with Crippen LogP contribution in [0, 0.1) is 5.82 Å². The van der Waals surface area contributed by atoms with E-state index < -0.39 is 11.7 Å². The third kappa shape index (κ3) is 4.53. The number of hydrogen-bond donors (Lipinski definition) is 3. The number of para-hydroxylation sites is 1. The van der Waals surface area contributed by atoms with Gasteiger partial charge in [0.1, 0.15) is 5.82 Å². The highest BCUT2D eigenvalue weighted by Crippen LogP contribution is 2.19. The van der Waals surface area contributed by atoms with Crippen molar-refractivity contribution in [2.75, 3.05) is 25.0 Å². The summed E-state index contributed by atoms with van der Waals surface area (Å²) in [7, 11) is 0. The van der Waals surface area contributed by atoms with Crippen molar-refractivity contribution in [1.29, 1.82) is 0 Å². The van der Waals surface area contributed by atoms with E-state index in [0.717, 1.165) is 0 Å². The van der Waals surface area contributed by atoms with E-state index in [0.29, 0.717) is 13.1 Å². The van der Waals surface area contributed by atoms with Crippen LogP contribution in [0.3, 0.4) is 0 Å². The van der Waals surface area contributed by atoms with Gasteiger partial charge in [0.15, 0.2) is 0 Å². The number of rotatable bonds is 7. The highest BCUT2D eigenvalue weighted by Gasteiger charge is 2.14. The molecule has 1 rings (SSSR count). The predicted octanol–water partition coefficient (Wildman–Crippen LogP) is 1.51. The van der Waals surface area contributed by atoms with Crippen molar-refractivity contribution in [2.45, 2.75) is 20.3 Å². The fraction of sp³-hybridized carbons (Fsp3) is 0.429. The summed E-state index contributed by atoms with van der Waals surface area (Å²) in [6, 6.07) is 4.32. The fourth-order valence-electron chi connectivity index (χ4n) is 1.74. The van der Waals surface area contributed by atoms with Crippen LogP contribution < -0.4 is 16.0 Å². The summed E-state index contributed by atoms with van der Waals surface area (Å²) < 4.78 is 13.6. The molecule has 0 atom stereocenters. The Labute approximate surface area is 117 Å². The van der Waals surface area contributed by atoms with Crippen LogP contribution in [-0.4, -0.2) is 31.4 Å². The van der Waals surface area contributed by atoms with E-state index in [-0.39, 0.29) is 30.1 Å². The Hall–Kier alpha value is -2.11. The Balaban J connectivity index is 2.63. The number of amides is 2. The van der Waals surface area contributed by atoms with Gasteiger partial charge in [-0.1, -0.05) is 6.07 Å². The standard InChI is InChI=1S/C14H20FN3O2/c1-3-16-12(19)8-9-18-14(20)10-6-5-7-11(15)13(10)17-4-2/h5-7,17H,3-4,8-9H2,1-2H3,(H,16,19)(H,18,20). The summed E-state index contributed by atoms with van der Waals surface area (Å²) >= 11 is 0. The lowest BCUT2D eigenvalue weighted by Gasteiger charge is -2.11. The van der Waals surface area contributed by atoms with Crippen LogP contribution in [-0.2, 0) is 4.79 Å². The Kier molecular flexibility index (Phi) is 6.49.